The summed E-state index contributed by atoms with van der Waals surface area (Å²) >= 11 is 0. The van der Waals surface area contributed by atoms with Gasteiger partial charge in [0.2, 0.25) is 0 Å². The molecule has 17 heavy (non-hydrogen) atoms. The van der Waals surface area contributed by atoms with Gasteiger partial charge in [0.1, 0.15) is 5.82 Å². The summed E-state index contributed by atoms with van der Waals surface area (Å²) < 4.78 is 18.6. The van der Waals surface area contributed by atoms with Crippen LogP contribution in [0.5, 0.6) is 0 Å². The Kier molecular flexibility index (Phi) is 4.48. The molecule has 0 bridgehead atoms. The lowest BCUT2D eigenvalue weighted by atomic mass is 10.1. The molecule has 0 aliphatic carbocycles. The van der Waals surface area contributed by atoms with E-state index in [-0.39, 0.29) is 5.82 Å². The van der Waals surface area contributed by atoms with E-state index in [4.69, 9.17) is 4.74 Å². The first-order chi connectivity index (χ1) is 8.29. The molecule has 94 valence electrons. The number of hydrogen-bond acceptors (Lipinski definition) is 3. The highest BCUT2D eigenvalue weighted by Gasteiger charge is 2.11. The Bertz CT molecular complexity index is 364. The number of rotatable bonds is 4. The molecule has 1 heterocycles. The minimum atomic E-state index is -0.167. The number of nitrogens with zero attached hydrogens (tertiary/aromatic N) is 1. The van der Waals surface area contributed by atoms with Gasteiger partial charge in [0.15, 0.2) is 0 Å². The second-order valence-electron chi connectivity index (χ2n) is 4.38. The van der Waals surface area contributed by atoms with Crippen molar-refractivity contribution in [1.82, 2.24) is 10.2 Å². The minimum Gasteiger partial charge on any atom is -0.380 e. The number of methoxy groups -OCH3 is 1. The zero-order valence-electron chi connectivity index (χ0n) is 10.2. The van der Waals surface area contributed by atoms with E-state index in [0.29, 0.717) is 12.2 Å². The van der Waals surface area contributed by atoms with E-state index in [1.54, 1.807) is 13.2 Å². The van der Waals surface area contributed by atoms with Crippen molar-refractivity contribution in [2.24, 2.45) is 0 Å². The number of piperazine rings is 1. The third-order valence-corrected chi connectivity index (χ3v) is 3.03. The van der Waals surface area contributed by atoms with Gasteiger partial charge in [0.25, 0.3) is 0 Å². The first-order valence-electron chi connectivity index (χ1n) is 5.99. The summed E-state index contributed by atoms with van der Waals surface area (Å²) in [6, 6.07) is 5.42. The van der Waals surface area contributed by atoms with Gasteiger partial charge >= 0.3 is 0 Å². The first-order valence-corrected chi connectivity index (χ1v) is 5.99. The number of hydrogen-bond donors (Lipinski definition) is 1. The molecular formula is C13H19FN2O. The fourth-order valence-corrected chi connectivity index (χ4v) is 2.09. The maximum atomic E-state index is 13.7. The smallest absolute Gasteiger partial charge is 0.129 e. The van der Waals surface area contributed by atoms with E-state index in [1.807, 2.05) is 12.1 Å². The fraction of sp³-hybridized carbons (Fsp3) is 0.538. The normalized spacial score (nSPS) is 17.3. The molecule has 0 saturated carbocycles. The third kappa shape index (κ3) is 3.49. The highest BCUT2D eigenvalue weighted by atomic mass is 19.1. The summed E-state index contributed by atoms with van der Waals surface area (Å²) in [6.45, 7) is 5.25. The Morgan fingerprint density at radius 3 is 2.76 bits per heavy atom. The summed E-state index contributed by atoms with van der Waals surface area (Å²) in [5.74, 6) is -0.167. The first kappa shape index (κ1) is 12.5. The van der Waals surface area contributed by atoms with Gasteiger partial charge in [-0.2, -0.15) is 0 Å². The van der Waals surface area contributed by atoms with Crippen molar-refractivity contribution < 1.29 is 9.13 Å². The van der Waals surface area contributed by atoms with Gasteiger partial charge in [-0.3, -0.25) is 4.90 Å². The van der Waals surface area contributed by atoms with Gasteiger partial charge in [0.05, 0.1) is 6.61 Å². The molecular weight excluding hydrogens is 219 g/mol. The maximum Gasteiger partial charge on any atom is 0.129 e. The molecule has 1 aromatic carbocycles. The third-order valence-electron chi connectivity index (χ3n) is 3.03. The molecule has 1 aliphatic heterocycles. The van der Waals surface area contributed by atoms with Crippen LogP contribution in [-0.4, -0.2) is 38.2 Å². The van der Waals surface area contributed by atoms with Crippen molar-refractivity contribution in [3.05, 3.63) is 35.1 Å². The van der Waals surface area contributed by atoms with Gasteiger partial charge in [-0.15, -0.1) is 0 Å². The Labute approximate surface area is 102 Å². The van der Waals surface area contributed by atoms with Crippen molar-refractivity contribution in [2.45, 2.75) is 13.2 Å². The predicted molar refractivity (Wildman–Crippen MR) is 65.3 cm³/mol. The second-order valence-corrected chi connectivity index (χ2v) is 4.38. The molecule has 1 fully saturated rings. The number of halogens is 1. The van der Waals surface area contributed by atoms with E-state index >= 15 is 0 Å². The lowest BCUT2D eigenvalue weighted by Gasteiger charge is -2.27. The Balaban J connectivity index is 1.98. The van der Waals surface area contributed by atoms with Crippen molar-refractivity contribution >= 4 is 0 Å². The molecule has 2 rings (SSSR count). The van der Waals surface area contributed by atoms with Crippen LogP contribution in [0, 0.1) is 5.82 Å². The Hall–Kier alpha value is -0.970. The van der Waals surface area contributed by atoms with Crippen LogP contribution in [0.4, 0.5) is 4.39 Å². The summed E-state index contributed by atoms with van der Waals surface area (Å²) in [4.78, 5) is 2.33. The SMILES string of the molecule is COCc1ccc(CN2CCNCC2)cc1F. The van der Waals surface area contributed by atoms with Crippen LogP contribution in [-0.2, 0) is 17.9 Å². The van der Waals surface area contributed by atoms with E-state index in [0.717, 1.165) is 38.3 Å². The Morgan fingerprint density at radius 1 is 1.35 bits per heavy atom. The highest BCUT2D eigenvalue weighted by molar-refractivity contribution is 5.24. The molecule has 0 aromatic heterocycles. The zero-order chi connectivity index (χ0) is 12.1. The summed E-state index contributed by atoms with van der Waals surface area (Å²) in [7, 11) is 1.58. The number of nitrogens with one attached hydrogen (secondary N) is 1. The van der Waals surface area contributed by atoms with Gasteiger partial charge in [-0.05, 0) is 11.6 Å². The number of ether oxygens (including phenoxy) is 1. The van der Waals surface area contributed by atoms with Crippen LogP contribution < -0.4 is 5.32 Å². The van der Waals surface area contributed by atoms with Gasteiger partial charge in [-0.25, -0.2) is 4.39 Å². The van der Waals surface area contributed by atoms with Crippen LogP contribution in [0.1, 0.15) is 11.1 Å². The zero-order valence-corrected chi connectivity index (χ0v) is 10.2. The topological polar surface area (TPSA) is 24.5 Å². The molecule has 0 atom stereocenters. The molecule has 1 N–H and O–H groups in total. The minimum absolute atomic E-state index is 0.167. The van der Waals surface area contributed by atoms with Crippen molar-refractivity contribution in [1.29, 1.82) is 0 Å². The van der Waals surface area contributed by atoms with E-state index in [1.165, 1.54) is 0 Å². The molecule has 4 heteroatoms. The summed E-state index contributed by atoms with van der Waals surface area (Å²) in [5.41, 5.74) is 1.65. The van der Waals surface area contributed by atoms with Crippen LogP contribution in [0.25, 0.3) is 0 Å². The molecule has 0 radical (unpaired) electrons. The van der Waals surface area contributed by atoms with Crippen molar-refractivity contribution in [3.63, 3.8) is 0 Å². The molecule has 0 amide bonds. The number of benzene rings is 1. The van der Waals surface area contributed by atoms with Gasteiger partial charge in [-0.1, -0.05) is 12.1 Å². The molecule has 1 aromatic rings. The van der Waals surface area contributed by atoms with Crippen LogP contribution in [0.15, 0.2) is 18.2 Å². The second kappa shape index (κ2) is 6.10. The van der Waals surface area contributed by atoms with Crippen molar-refractivity contribution in [3.8, 4) is 0 Å². The quantitative estimate of drug-likeness (QED) is 0.857. The van der Waals surface area contributed by atoms with Crippen LogP contribution in [0.3, 0.4) is 0 Å². The molecule has 1 aliphatic rings. The van der Waals surface area contributed by atoms with Crippen LogP contribution in [0.2, 0.25) is 0 Å². The van der Waals surface area contributed by atoms with E-state index in [9.17, 15) is 4.39 Å². The molecule has 3 nitrogen and oxygen atoms in total. The molecule has 0 unspecified atom stereocenters. The fourth-order valence-electron chi connectivity index (χ4n) is 2.09. The average Bonchev–Trinajstić information content (AvgIpc) is 2.34. The van der Waals surface area contributed by atoms with Crippen LogP contribution >= 0.6 is 0 Å². The van der Waals surface area contributed by atoms with Gasteiger partial charge < -0.3 is 10.1 Å². The molecule has 1 saturated heterocycles. The van der Waals surface area contributed by atoms with Gasteiger partial charge in [0, 0.05) is 45.4 Å². The van der Waals surface area contributed by atoms with E-state index in [2.05, 4.69) is 10.2 Å². The Morgan fingerprint density at radius 2 is 2.12 bits per heavy atom. The van der Waals surface area contributed by atoms with Crippen molar-refractivity contribution in [2.75, 3.05) is 33.3 Å². The predicted octanol–water partition coefficient (Wildman–Crippen LogP) is 1.38. The summed E-state index contributed by atoms with van der Waals surface area (Å²) in [5, 5.41) is 3.31. The monoisotopic (exact) mass is 238 g/mol. The summed E-state index contributed by atoms with van der Waals surface area (Å²) in [6.07, 6.45) is 0. The standard InChI is InChI=1S/C13H19FN2O/c1-17-10-12-3-2-11(8-13(12)14)9-16-6-4-15-5-7-16/h2-3,8,15H,4-7,9-10H2,1H3. The lowest BCUT2D eigenvalue weighted by molar-refractivity contribution is 0.181. The lowest BCUT2D eigenvalue weighted by Crippen LogP contribution is -2.42. The maximum absolute atomic E-state index is 13.7. The molecule has 0 spiro atoms. The van der Waals surface area contributed by atoms with E-state index < -0.39 is 0 Å². The largest absolute Gasteiger partial charge is 0.380 e. The highest BCUT2D eigenvalue weighted by Crippen LogP contribution is 2.13. The average molecular weight is 238 g/mol.